The Morgan fingerprint density at radius 1 is 1.15 bits per heavy atom. The number of rotatable bonds is 4. The molecule has 0 spiro atoms. The third-order valence-corrected chi connectivity index (χ3v) is 4.36. The summed E-state index contributed by atoms with van der Waals surface area (Å²) in [5.41, 5.74) is 0.372. The van der Waals surface area contributed by atoms with Crippen molar-refractivity contribution in [1.29, 1.82) is 0 Å². The molecule has 2 nitrogen and oxygen atoms in total. The topological polar surface area (TPSA) is 37.3 Å². The maximum atomic E-state index is 13.5. The first-order valence-electron chi connectivity index (χ1n) is 5.57. The Labute approximate surface area is 129 Å². The summed E-state index contributed by atoms with van der Waals surface area (Å²) in [4.78, 5) is 11.6. The minimum absolute atomic E-state index is 0.326. The number of hydrogen-bond acceptors (Lipinski definition) is 2. The first-order chi connectivity index (χ1) is 9.47. The van der Waals surface area contributed by atoms with E-state index in [2.05, 4.69) is 0 Å². The molecule has 0 saturated heterocycles. The summed E-state index contributed by atoms with van der Waals surface area (Å²) in [7, 11) is 0. The molecular weight excluding hydrogens is 322 g/mol. The number of hydrogen-bond donors (Lipinski definition) is 1. The van der Waals surface area contributed by atoms with Gasteiger partial charge in [-0.3, -0.25) is 0 Å². The maximum absolute atomic E-state index is 13.5. The first-order valence-corrected chi connectivity index (χ1v) is 7.31. The second kappa shape index (κ2) is 6.48. The molecule has 0 radical (unpaired) electrons. The summed E-state index contributed by atoms with van der Waals surface area (Å²) in [5.74, 6) is -1.50. The molecule has 0 aliphatic heterocycles. The Balaban J connectivity index is 2.09. The SMILES string of the molecule is O=C(O)c1ccc(CSc2ccc(Cl)c(Cl)c2)cc1F. The third-order valence-electron chi connectivity index (χ3n) is 2.56. The summed E-state index contributed by atoms with van der Waals surface area (Å²) in [6.07, 6.45) is 0. The molecule has 1 N–H and O–H groups in total. The van der Waals surface area contributed by atoms with Gasteiger partial charge in [0.25, 0.3) is 0 Å². The highest BCUT2D eigenvalue weighted by Crippen LogP contribution is 2.30. The van der Waals surface area contributed by atoms with Gasteiger partial charge in [0, 0.05) is 10.6 Å². The molecule has 2 rings (SSSR count). The van der Waals surface area contributed by atoms with Crippen molar-refractivity contribution in [1.82, 2.24) is 0 Å². The van der Waals surface area contributed by atoms with E-state index in [-0.39, 0.29) is 5.56 Å². The van der Waals surface area contributed by atoms with Gasteiger partial charge < -0.3 is 5.11 Å². The van der Waals surface area contributed by atoms with Crippen LogP contribution in [0.25, 0.3) is 0 Å². The van der Waals surface area contributed by atoms with Crippen LogP contribution in [0.1, 0.15) is 15.9 Å². The molecule has 0 atom stereocenters. The van der Waals surface area contributed by atoms with Crippen molar-refractivity contribution in [2.24, 2.45) is 0 Å². The minimum Gasteiger partial charge on any atom is -0.478 e. The molecule has 0 fully saturated rings. The van der Waals surface area contributed by atoms with Crippen LogP contribution >= 0.6 is 35.0 Å². The summed E-state index contributed by atoms with van der Waals surface area (Å²) >= 11 is 13.2. The first kappa shape index (κ1) is 15.2. The fourth-order valence-corrected chi connectivity index (χ4v) is 2.80. The Bertz CT molecular complexity index is 662. The molecule has 20 heavy (non-hydrogen) atoms. The van der Waals surface area contributed by atoms with E-state index in [0.717, 1.165) is 4.90 Å². The quantitative estimate of drug-likeness (QED) is 0.790. The second-order valence-corrected chi connectivity index (χ2v) is 5.85. The molecule has 0 amide bonds. The Morgan fingerprint density at radius 2 is 1.90 bits per heavy atom. The van der Waals surface area contributed by atoms with Crippen molar-refractivity contribution in [2.75, 3.05) is 0 Å². The highest BCUT2D eigenvalue weighted by Gasteiger charge is 2.10. The van der Waals surface area contributed by atoms with Crippen LogP contribution in [0.4, 0.5) is 4.39 Å². The lowest BCUT2D eigenvalue weighted by Crippen LogP contribution is -2.00. The van der Waals surface area contributed by atoms with Crippen LogP contribution in [0.2, 0.25) is 10.0 Å². The molecule has 104 valence electrons. The van der Waals surface area contributed by atoms with E-state index in [9.17, 15) is 9.18 Å². The summed E-state index contributed by atoms with van der Waals surface area (Å²) in [6, 6.07) is 9.34. The smallest absolute Gasteiger partial charge is 0.338 e. The van der Waals surface area contributed by atoms with E-state index in [1.165, 1.54) is 23.9 Å². The van der Waals surface area contributed by atoms with Gasteiger partial charge >= 0.3 is 5.97 Å². The lowest BCUT2D eigenvalue weighted by molar-refractivity contribution is 0.0692. The Morgan fingerprint density at radius 3 is 2.50 bits per heavy atom. The average Bonchev–Trinajstić information content (AvgIpc) is 2.40. The predicted octanol–water partition coefficient (Wildman–Crippen LogP) is 5.12. The van der Waals surface area contributed by atoms with E-state index in [1.54, 1.807) is 18.2 Å². The molecule has 2 aromatic carbocycles. The molecule has 0 heterocycles. The average molecular weight is 331 g/mol. The summed E-state index contributed by atoms with van der Waals surface area (Å²) < 4.78 is 13.5. The third kappa shape index (κ3) is 3.66. The van der Waals surface area contributed by atoms with E-state index in [4.69, 9.17) is 28.3 Å². The maximum Gasteiger partial charge on any atom is 0.338 e. The van der Waals surface area contributed by atoms with Gasteiger partial charge in [-0.15, -0.1) is 11.8 Å². The number of thioether (sulfide) groups is 1. The number of halogens is 3. The van der Waals surface area contributed by atoms with Gasteiger partial charge in [0.15, 0.2) is 0 Å². The molecule has 0 aliphatic carbocycles. The van der Waals surface area contributed by atoms with Crippen LogP contribution in [0.15, 0.2) is 41.3 Å². The van der Waals surface area contributed by atoms with Gasteiger partial charge in [0.1, 0.15) is 5.82 Å². The highest BCUT2D eigenvalue weighted by molar-refractivity contribution is 7.98. The summed E-state index contributed by atoms with van der Waals surface area (Å²) in [5, 5.41) is 9.69. The fraction of sp³-hybridized carbons (Fsp3) is 0.0714. The van der Waals surface area contributed by atoms with Crippen molar-refractivity contribution in [3.63, 3.8) is 0 Å². The van der Waals surface area contributed by atoms with Crippen molar-refractivity contribution >= 4 is 40.9 Å². The van der Waals surface area contributed by atoms with Crippen LogP contribution in [0, 0.1) is 5.82 Å². The predicted molar refractivity (Wildman–Crippen MR) is 79.4 cm³/mol. The van der Waals surface area contributed by atoms with Gasteiger partial charge in [-0.25, -0.2) is 9.18 Å². The van der Waals surface area contributed by atoms with Gasteiger partial charge in [-0.1, -0.05) is 29.3 Å². The lowest BCUT2D eigenvalue weighted by Gasteiger charge is -2.05. The van der Waals surface area contributed by atoms with Gasteiger partial charge in [-0.2, -0.15) is 0 Å². The fourth-order valence-electron chi connectivity index (χ4n) is 1.56. The van der Waals surface area contributed by atoms with Crippen molar-refractivity contribution < 1.29 is 14.3 Å². The van der Waals surface area contributed by atoms with Crippen molar-refractivity contribution in [3.8, 4) is 0 Å². The van der Waals surface area contributed by atoms with E-state index < -0.39 is 11.8 Å². The molecule has 2 aromatic rings. The Kier molecular flexibility index (Phi) is 4.91. The monoisotopic (exact) mass is 330 g/mol. The largest absolute Gasteiger partial charge is 0.478 e. The Hall–Kier alpha value is -1.23. The standard InChI is InChI=1S/C14H9Cl2FO2S/c15-11-4-2-9(6-12(11)16)20-7-8-1-3-10(14(18)19)13(17)5-8/h1-6H,7H2,(H,18,19). The summed E-state index contributed by atoms with van der Waals surface area (Å²) in [6.45, 7) is 0. The van der Waals surface area contributed by atoms with Crippen LogP contribution in [0.5, 0.6) is 0 Å². The number of aromatic carboxylic acids is 1. The molecule has 0 unspecified atom stereocenters. The second-order valence-electron chi connectivity index (χ2n) is 3.98. The van der Waals surface area contributed by atoms with Crippen LogP contribution in [-0.4, -0.2) is 11.1 Å². The van der Waals surface area contributed by atoms with Gasteiger partial charge in [-0.05, 0) is 35.9 Å². The normalized spacial score (nSPS) is 10.6. The molecular formula is C14H9Cl2FO2S. The molecule has 0 aliphatic rings. The van der Waals surface area contributed by atoms with Gasteiger partial charge in [0.05, 0.1) is 15.6 Å². The van der Waals surface area contributed by atoms with E-state index in [1.807, 2.05) is 6.07 Å². The lowest BCUT2D eigenvalue weighted by atomic mass is 10.1. The zero-order valence-corrected chi connectivity index (χ0v) is 12.4. The number of carboxylic acids is 1. The molecule has 0 aromatic heterocycles. The van der Waals surface area contributed by atoms with Crippen molar-refractivity contribution in [2.45, 2.75) is 10.6 Å². The van der Waals surface area contributed by atoms with Crippen LogP contribution in [0.3, 0.4) is 0 Å². The van der Waals surface area contributed by atoms with E-state index in [0.29, 0.717) is 21.4 Å². The molecule has 6 heteroatoms. The van der Waals surface area contributed by atoms with Crippen molar-refractivity contribution in [3.05, 3.63) is 63.4 Å². The van der Waals surface area contributed by atoms with Crippen LogP contribution in [-0.2, 0) is 5.75 Å². The van der Waals surface area contributed by atoms with Crippen LogP contribution < -0.4 is 0 Å². The number of carbonyl (C=O) groups is 1. The number of benzene rings is 2. The zero-order chi connectivity index (χ0) is 14.7. The minimum atomic E-state index is -1.27. The number of carboxylic acid groups (broad SMARTS) is 1. The highest BCUT2D eigenvalue weighted by atomic mass is 35.5. The zero-order valence-electron chi connectivity index (χ0n) is 10.1. The van der Waals surface area contributed by atoms with E-state index >= 15 is 0 Å². The molecule has 0 bridgehead atoms. The van der Waals surface area contributed by atoms with Gasteiger partial charge in [0.2, 0.25) is 0 Å². The molecule has 0 saturated carbocycles.